The molecule has 0 unspecified atom stereocenters. The second kappa shape index (κ2) is 5.61. The summed E-state index contributed by atoms with van der Waals surface area (Å²) in [5.41, 5.74) is 5.59. The van der Waals surface area contributed by atoms with Crippen LogP contribution in [0.4, 0.5) is 0 Å². The van der Waals surface area contributed by atoms with Gasteiger partial charge >= 0.3 is 0 Å². The Labute approximate surface area is 97.9 Å². The number of aliphatic hydroxyl groups is 1. The average molecular weight is 228 g/mol. The van der Waals surface area contributed by atoms with Crippen LogP contribution in [0.1, 0.15) is 13.8 Å². The molecule has 16 heavy (non-hydrogen) atoms. The molecular weight excluding hydrogens is 204 g/mol. The number of rotatable bonds is 4. The number of hydrogen-bond acceptors (Lipinski definition) is 4. The minimum atomic E-state index is -0.115. The number of hydrogen-bond donors (Lipinski definition) is 2. The fraction of sp³-hybridized carbons (Fsp3) is 0.909. The van der Waals surface area contributed by atoms with Crippen LogP contribution < -0.4 is 5.73 Å². The van der Waals surface area contributed by atoms with Gasteiger partial charge in [-0.1, -0.05) is 0 Å². The van der Waals surface area contributed by atoms with Crippen LogP contribution in [0.3, 0.4) is 0 Å². The smallest absolute Gasteiger partial charge is 0.108 e. The average Bonchev–Trinajstić information content (AvgIpc) is 2.29. The number of amidine groups is 1. The summed E-state index contributed by atoms with van der Waals surface area (Å²) in [4.78, 5) is 8.59. The molecule has 1 aliphatic rings. The van der Waals surface area contributed by atoms with E-state index in [-0.39, 0.29) is 12.1 Å². The maximum atomic E-state index is 9.30. The van der Waals surface area contributed by atoms with Crippen LogP contribution in [0.2, 0.25) is 0 Å². The lowest BCUT2D eigenvalue weighted by molar-refractivity contribution is 0.0204. The molecule has 0 atom stereocenters. The highest BCUT2D eigenvalue weighted by atomic mass is 16.3. The Hall–Kier alpha value is -0.650. The van der Waals surface area contributed by atoms with Gasteiger partial charge in [0.2, 0.25) is 0 Å². The van der Waals surface area contributed by atoms with Crippen molar-refractivity contribution in [2.45, 2.75) is 19.4 Å². The lowest BCUT2D eigenvalue weighted by Crippen LogP contribution is -2.56. The van der Waals surface area contributed by atoms with Crippen molar-refractivity contribution in [3.8, 4) is 0 Å². The third-order valence-corrected chi connectivity index (χ3v) is 3.29. The number of aliphatic imine (C=N–C) groups is 1. The first-order chi connectivity index (χ1) is 7.49. The Morgan fingerprint density at radius 3 is 2.31 bits per heavy atom. The molecule has 0 amide bonds. The van der Waals surface area contributed by atoms with Crippen molar-refractivity contribution >= 4 is 5.84 Å². The molecule has 5 nitrogen and oxygen atoms in total. The Kier molecular flexibility index (Phi) is 4.70. The second-order valence-electron chi connectivity index (χ2n) is 4.95. The Morgan fingerprint density at radius 1 is 1.31 bits per heavy atom. The van der Waals surface area contributed by atoms with Crippen LogP contribution in [0.25, 0.3) is 0 Å². The van der Waals surface area contributed by atoms with E-state index in [0.29, 0.717) is 5.84 Å². The molecule has 0 spiro atoms. The fourth-order valence-electron chi connectivity index (χ4n) is 1.91. The standard InChI is InChI=1S/C11H24N4O/c1-11(2,9-16)15-6-4-14(5-7-15)8-10(12)13-3/h16H,4-9H2,1-3H3,(H2,12,13). The van der Waals surface area contributed by atoms with E-state index in [4.69, 9.17) is 5.73 Å². The van der Waals surface area contributed by atoms with Crippen molar-refractivity contribution in [2.24, 2.45) is 10.7 Å². The van der Waals surface area contributed by atoms with E-state index in [9.17, 15) is 5.11 Å². The highest BCUT2D eigenvalue weighted by molar-refractivity contribution is 5.82. The van der Waals surface area contributed by atoms with Gasteiger partial charge in [-0.15, -0.1) is 0 Å². The van der Waals surface area contributed by atoms with Crippen molar-refractivity contribution in [1.29, 1.82) is 0 Å². The number of piperazine rings is 1. The normalized spacial score (nSPS) is 21.4. The summed E-state index contributed by atoms with van der Waals surface area (Å²) >= 11 is 0. The predicted octanol–water partition coefficient (Wildman–Crippen LogP) is -0.638. The highest BCUT2D eigenvalue weighted by Gasteiger charge is 2.29. The SMILES string of the molecule is CN=C(N)CN1CCN(C(C)(C)CO)CC1. The van der Waals surface area contributed by atoms with Crippen LogP contribution in [0, 0.1) is 0 Å². The highest BCUT2D eigenvalue weighted by Crippen LogP contribution is 2.15. The van der Waals surface area contributed by atoms with E-state index in [1.807, 2.05) is 0 Å². The molecule has 0 aromatic carbocycles. The number of nitrogens with zero attached hydrogens (tertiary/aromatic N) is 3. The van der Waals surface area contributed by atoms with Crippen LogP contribution in [0.15, 0.2) is 4.99 Å². The minimum absolute atomic E-state index is 0.115. The molecule has 0 aliphatic carbocycles. The third kappa shape index (κ3) is 3.43. The van der Waals surface area contributed by atoms with E-state index in [1.54, 1.807) is 7.05 Å². The van der Waals surface area contributed by atoms with Crippen molar-refractivity contribution in [3.05, 3.63) is 0 Å². The zero-order chi connectivity index (χ0) is 12.2. The monoisotopic (exact) mass is 228 g/mol. The Morgan fingerprint density at radius 2 is 1.88 bits per heavy atom. The molecule has 1 aliphatic heterocycles. The molecule has 0 radical (unpaired) electrons. The van der Waals surface area contributed by atoms with Crippen molar-refractivity contribution in [1.82, 2.24) is 9.80 Å². The van der Waals surface area contributed by atoms with Gasteiger partial charge in [-0.2, -0.15) is 0 Å². The predicted molar refractivity (Wildman–Crippen MR) is 66.7 cm³/mol. The van der Waals surface area contributed by atoms with Gasteiger partial charge in [0, 0.05) is 38.8 Å². The van der Waals surface area contributed by atoms with E-state index in [1.165, 1.54) is 0 Å². The number of nitrogens with two attached hydrogens (primary N) is 1. The van der Waals surface area contributed by atoms with Gasteiger partial charge < -0.3 is 10.8 Å². The fourth-order valence-corrected chi connectivity index (χ4v) is 1.91. The van der Waals surface area contributed by atoms with Gasteiger partial charge in [-0.05, 0) is 13.8 Å². The first-order valence-electron chi connectivity index (χ1n) is 5.79. The zero-order valence-corrected chi connectivity index (χ0v) is 10.6. The van der Waals surface area contributed by atoms with Gasteiger partial charge in [-0.3, -0.25) is 14.8 Å². The molecule has 0 aromatic heterocycles. The molecule has 0 bridgehead atoms. The van der Waals surface area contributed by atoms with Crippen LogP contribution in [0.5, 0.6) is 0 Å². The third-order valence-electron chi connectivity index (χ3n) is 3.29. The molecule has 1 rings (SSSR count). The van der Waals surface area contributed by atoms with Gasteiger partial charge in [0.15, 0.2) is 0 Å². The van der Waals surface area contributed by atoms with Gasteiger partial charge in [-0.25, -0.2) is 0 Å². The van der Waals surface area contributed by atoms with E-state index in [0.717, 1.165) is 32.7 Å². The first-order valence-corrected chi connectivity index (χ1v) is 5.79. The van der Waals surface area contributed by atoms with Gasteiger partial charge in [0.1, 0.15) is 5.84 Å². The molecule has 0 aromatic rings. The van der Waals surface area contributed by atoms with Gasteiger partial charge in [0.25, 0.3) is 0 Å². The second-order valence-corrected chi connectivity index (χ2v) is 4.95. The van der Waals surface area contributed by atoms with Crippen LogP contribution in [-0.4, -0.2) is 72.7 Å². The first kappa shape index (κ1) is 13.4. The minimum Gasteiger partial charge on any atom is -0.394 e. The van der Waals surface area contributed by atoms with E-state index >= 15 is 0 Å². The van der Waals surface area contributed by atoms with Gasteiger partial charge in [0.05, 0.1) is 13.2 Å². The Balaban J connectivity index is 2.40. The summed E-state index contributed by atoms with van der Waals surface area (Å²) < 4.78 is 0. The quantitative estimate of drug-likeness (QED) is 0.496. The lowest BCUT2D eigenvalue weighted by atomic mass is 10.0. The summed E-state index contributed by atoms with van der Waals surface area (Å²) in [7, 11) is 1.72. The summed E-state index contributed by atoms with van der Waals surface area (Å²) in [6.45, 7) is 9.03. The maximum Gasteiger partial charge on any atom is 0.108 e. The molecule has 5 heteroatoms. The summed E-state index contributed by atoms with van der Waals surface area (Å²) in [6, 6.07) is 0. The zero-order valence-electron chi connectivity index (χ0n) is 10.6. The maximum absolute atomic E-state index is 9.30. The molecule has 1 fully saturated rings. The van der Waals surface area contributed by atoms with Crippen LogP contribution >= 0.6 is 0 Å². The molecule has 94 valence electrons. The van der Waals surface area contributed by atoms with Crippen LogP contribution in [-0.2, 0) is 0 Å². The largest absolute Gasteiger partial charge is 0.394 e. The molecule has 3 N–H and O–H groups in total. The summed E-state index contributed by atoms with van der Waals surface area (Å²) in [6.07, 6.45) is 0. The van der Waals surface area contributed by atoms with E-state index in [2.05, 4.69) is 28.6 Å². The molecule has 0 saturated carbocycles. The molecule has 1 saturated heterocycles. The molecule has 1 heterocycles. The topological polar surface area (TPSA) is 65.1 Å². The van der Waals surface area contributed by atoms with Crippen molar-refractivity contribution < 1.29 is 5.11 Å². The lowest BCUT2D eigenvalue weighted by Gasteiger charge is -2.43. The van der Waals surface area contributed by atoms with Crippen molar-refractivity contribution in [3.63, 3.8) is 0 Å². The Bertz CT molecular complexity index is 244. The summed E-state index contributed by atoms with van der Waals surface area (Å²) in [5, 5.41) is 9.30. The van der Waals surface area contributed by atoms with Crippen molar-refractivity contribution in [2.75, 3.05) is 46.4 Å². The summed E-state index contributed by atoms with van der Waals surface area (Å²) in [5.74, 6) is 0.690. The molecular formula is C11H24N4O. The van der Waals surface area contributed by atoms with E-state index < -0.39 is 0 Å². The number of aliphatic hydroxyl groups excluding tert-OH is 1.